The maximum Gasteiger partial charge on any atom is 0.107 e. The molecule has 0 radical (unpaired) electrons. The molecular formula is C18H38N2O8. The minimum absolute atomic E-state index is 0.0477. The van der Waals surface area contributed by atoms with E-state index in [1.54, 1.807) is 4.90 Å². The van der Waals surface area contributed by atoms with Crippen LogP contribution in [0.4, 0.5) is 0 Å². The lowest BCUT2D eigenvalue weighted by Gasteiger charge is -2.40. The molecule has 0 aromatic carbocycles. The van der Waals surface area contributed by atoms with E-state index in [0.29, 0.717) is 12.8 Å². The quantitative estimate of drug-likeness (QED) is 0.147. The summed E-state index contributed by atoms with van der Waals surface area (Å²) in [5.41, 5.74) is 5.93. The van der Waals surface area contributed by atoms with Gasteiger partial charge < -0.3 is 46.6 Å². The van der Waals surface area contributed by atoms with E-state index >= 15 is 0 Å². The number of aliphatic hydroxyl groups is 8. The Hall–Kier alpha value is -0.400. The molecule has 0 aromatic rings. The van der Waals surface area contributed by atoms with Gasteiger partial charge in [-0.2, -0.15) is 0 Å². The van der Waals surface area contributed by atoms with Crippen molar-refractivity contribution in [2.75, 3.05) is 26.3 Å². The van der Waals surface area contributed by atoms with Crippen molar-refractivity contribution in [3.63, 3.8) is 0 Å². The van der Waals surface area contributed by atoms with Gasteiger partial charge in [0.2, 0.25) is 0 Å². The highest BCUT2D eigenvalue weighted by atomic mass is 16.4. The molecular weight excluding hydrogens is 372 g/mol. The zero-order valence-corrected chi connectivity index (χ0v) is 16.3. The van der Waals surface area contributed by atoms with Crippen molar-refractivity contribution in [3.8, 4) is 0 Å². The molecule has 0 aromatic heterocycles. The lowest BCUT2D eigenvalue weighted by Crippen LogP contribution is -2.53. The highest BCUT2D eigenvalue weighted by molar-refractivity contribution is 4.88. The molecule has 10 nitrogen and oxygen atoms in total. The van der Waals surface area contributed by atoms with Crippen LogP contribution in [0.5, 0.6) is 0 Å². The van der Waals surface area contributed by atoms with Crippen LogP contribution in [-0.2, 0) is 0 Å². The smallest absolute Gasteiger partial charge is 0.107 e. The molecule has 10 N–H and O–H groups in total. The van der Waals surface area contributed by atoms with E-state index in [0.717, 1.165) is 12.8 Å². The Morgan fingerprint density at radius 3 is 1.43 bits per heavy atom. The van der Waals surface area contributed by atoms with Crippen LogP contribution in [0.3, 0.4) is 0 Å². The van der Waals surface area contributed by atoms with Crippen LogP contribution in [0.25, 0.3) is 0 Å². The van der Waals surface area contributed by atoms with Gasteiger partial charge in [-0.3, -0.25) is 4.90 Å². The van der Waals surface area contributed by atoms with Crippen molar-refractivity contribution < 1.29 is 40.9 Å². The maximum atomic E-state index is 10.3. The summed E-state index contributed by atoms with van der Waals surface area (Å²) in [5.74, 6) is 0. The van der Waals surface area contributed by atoms with Gasteiger partial charge in [-0.05, 0) is 38.5 Å². The van der Waals surface area contributed by atoms with Crippen LogP contribution < -0.4 is 5.73 Å². The zero-order chi connectivity index (χ0) is 21.3. The molecule has 1 aliphatic carbocycles. The molecule has 1 rings (SSSR count). The van der Waals surface area contributed by atoms with E-state index in [-0.39, 0.29) is 51.2 Å². The van der Waals surface area contributed by atoms with Crippen molar-refractivity contribution in [1.29, 1.82) is 0 Å². The van der Waals surface area contributed by atoms with Crippen LogP contribution in [0.1, 0.15) is 38.5 Å². The number of nitrogens with zero attached hydrogens (tertiary/aromatic N) is 1. The molecule has 168 valence electrons. The zero-order valence-electron chi connectivity index (χ0n) is 16.3. The first-order chi connectivity index (χ1) is 13.2. The number of hydrogen-bond acceptors (Lipinski definition) is 10. The van der Waals surface area contributed by atoms with Crippen LogP contribution in [0.15, 0.2) is 0 Å². The lowest BCUT2D eigenvalue weighted by molar-refractivity contribution is -0.0993. The molecule has 10 heteroatoms. The third kappa shape index (κ3) is 8.15. The number of nitrogens with two attached hydrogens (primary N) is 1. The Labute approximate surface area is 165 Å². The van der Waals surface area contributed by atoms with Gasteiger partial charge in [-0.25, -0.2) is 0 Å². The van der Waals surface area contributed by atoms with E-state index in [1.807, 2.05) is 0 Å². The number of aliphatic hydroxyl groups excluding tert-OH is 8. The monoisotopic (exact) mass is 410 g/mol. The molecule has 28 heavy (non-hydrogen) atoms. The van der Waals surface area contributed by atoms with Gasteiger partial charge in [-0.1, -0.05) is 0 Å². The average molecular weight is 411 g/mol. The Bertz CT molecular complexity index is 385. The van der Waals surface area contributed by atoms with Gasteiger partial charge in [0.15, 0.2) is 0 Å². The molecule has 0 bridgehead atoms. The largest absolute Gasteiger partial charge is 0.396 e. The van der Waals surface area contributed by atoms with Crippen molar-refractivity contribution >= 4 is 0 Å². The summed E-state index contributed by atoms with van der Waals surface area (Å²) in [7, 11) is 0. The second kappa shape index (κ2) is 13.0. The van der Waals surface area contributed by atoms with E-state index in [1.165, 1.54) is 0 Å². The minimum Gasteiger partial charge on any atom is -0.396 e. The predicted molar refractivity (Wildman–Crippen MR) is 101 cm³/mol. The predicted octanol–water partition coefficient (Wildman–Crippen LogP) is -3.51. The summed E-state index contributed by atoms with van der Waals surface area (Å²) in [6, 6.07) is 0.0374. The van der Waals surface area contributed by atoms with Crippen LogP contribution >= 0.6 is 0 Å². The minimum atomic E-state index is -1.47. The number of hydrogen-bond donors (Lipinski definition) is 9. The topological polar surface area (TPSA) is 191 Å². The Kier molecular flexibility index (Phi) is 11.9. The third-order valence-electron chi connectivity index (χ3n) is 5.53. The summed E-state index contributed by atoms with van der Waals surface area (Å²) in [6.45, 7) is -0.793. The van der Waals surface area contributed by atoms with E-state index in [9.17, 15) is 30.6 Å². The Balaban J connectivity index is 2.78. The van der Waals surface area contributed by atoms with Crippen molar-refractivity contribution in [2.24, 2.45) is 5.73 Å². The normalized spacial score (nSPS) is 27.2. The molecule has 0 unspecified atom stereocenters. The van der Waals surface area contributed by atoms with Gasteiger partial charge in [0.25, 0.3) is 0 Å². The first-order valence-corrected chi connectivity index (χ1v) is 10.0. The first-order valence-electron chi connectivity index (χ1n) is 10.0. The molecule has 1 aliphatic rings. The lowest BCUT2D eigenvalue weighted by atomic mass is 9.89. The summed E-state index contributed by atoms with van der Waals surface area (Å²) >= 11 is 0. The van der Waals surface area contributed by atoms with Gasteiger partial charge >= 0.3 is 0 Å². The van der Waals surface area contributed by atoms with Crippen molar-refractivity contribution in [2.45, 2.75) is 87.2 Å². The second-order valence-electron chi connectivity index (χ2n) is 7.80. The summed E-state index contributed by atoms with van der Waals surface area (Å²) in [4.78, 5) is 1.73. The van der Waals surface area contributed by atoms with Crippen LogP contribution in [-0.4, -0.2) is 121 Å². The fourth-order valence-electron chi connectivity index (χ4n) is 3.65. The van der Waals surface area contributed by atoms with Gasteiger partial charge in [0, 0.05) is 38.4 Å². The standard InChI is InChI=1S/C18H38N2O8/c19-11-1-3-12(4-2-11)20(9-15(25)17(27)13(23)5-7-21)10-16(26)18(28)14(24)6-8-22/h11-18,21-28H,1-10,19H2/t11?,12?,13-,14-,15+,16+,17+,18+/m1/s1. The first kappa shape index (κ1) is 25.6. The molecule has 1 saturated carbocycles. The van der Waals surface area contributed by atoms with Gasteiger partial charge in [-0.15, -0.1) is 0 Å². The molecule has 0 aliphatic heterocycles. The molecule has 6 atom stereocenters. The Morgan fingerprint density at radius 1 is 0.679 bits per heavy atom. The highest BCUT2D eigenvalue weighted by Gasteiger charge is 2.33. The molecule has 0 heterocycles. The van der Waals surface area contributed by atoms with Gasteiger partial charge in [0.1, 0.15) is 12.2 Å². The molecule has 0 saturated heterocycles. The van der Waals surface area contributed by atoms with E-state index in [4.69, 9.17) is 15.9 Å². The van der Waals surface area contributed by atoms with Gasteiger partial charge in [0.05, 0.1) is 24.4 Å². The molecule has 1 fully saturated rings. The third-order valence-corrected chi connectivity index (χ3v) is 5.53. The fraction of sp³-hybridized carbons (Fsp3) is 1.00. The van der Waals surface area contributed by atoms with Crippen LogP contribution in [0.2, 0.25) is 0 Å². The Morgan fingerprint density at radius 2 is 1.07 bits per heavy atom. The maximum absolute atomic E-state index is 10.3. The van der Waals surface area contributed by atoms with E-state index in [2.05, 4.69) is 0 Å². The molecule has 0 amide bonds. The summed E-state index contributed by atoms with van der Waals surface area (Å²) < 4.78 is 0. The number of rotatable bonds is 13. The SMILES string of the molecule is NC1CCC(N(C[C@H](O)[C@@H](O)[C@H](O)CCO)C[C@H](O)[C@@H](O)[C@H](O)CCO)CC1. The second-order valence-corrected chi connectivity index (χ2v) is 7.80. The van der Waals surface area contributed by atoms with E-state index < -0.39 is 36.6 Å². The summed E-state index contributed by atoms with van der Waals surface area (Å²) in [5, 5.41) is 78.1. The summed E-state index contributed by atoms with van der Waals surface area (Å²) in [6.07, 6.45) is -5.38. The fourth-order valence-corrected chi connectivity index (χ4v) is 3.65. The van der Waals surface area contributed by atoms with Crippen LogP contribution in [0, 0.1) is 0 Å². The molecule has 0 spiro atoms. The van der Waals surface area contributed by atoms with Crippen molar-refractivity contribution in [3.05, 3.63) is 0 Å². The average Bonchev–Trinajstić information content (AvgIpc) is 2.67. The van der Waals surface area contributed by atoms with Crippen molar-refractivity contribution in [1.82, 2.24) is 4.90 Å². The highest BCUT2D eigenvalue weighted by Crippen LogP contribution is 2.24.